The van der Waals surface area contributed by atoms with E-state index in [0.717, 1.165) is 34.4 Å². The number of hydrogen-bond acceptors (Lipinski definition) is 8. The van der Waals surface area contributed by atoms with Crippen molar-refractivity contribution in [1.29, 1.82) is 0 Å². The van der Waals surface area contributed by atoms with E-state index in [-0.39, 0.29) is 23.9 Å². The SMILES string of the molecule is COc1cc2c(cc1OCCCOc1cc3c(cc1C)C(=O)N1C=C(c4ccccc4)C[C@H]1C=N3)N=C[C@@H]1CC(c3ccccc3)=NN1C2=O. The molecule has 0 radical (unpaired) electrons. The maximum Gasteiger partial charge on any atom is 0.276 e. The van der Waals surface area contributed by atoms with Crippen LogP contribution in [0.2, 0.25) is 0 Å². The molecule has 0 N–H and O–H groups in total. The van der Waals surface area contributed by atoms with Gasteiger partial charge in [0.2, 0.25) is 0 Å². The molecule has 0 spiro atoms. The van der Waals surface area contributed by atoms with Gasteiger partial charge in [-0.25, -0.2) is 5.01 Å². The molecular weight excluding hydrogens is 630 g/mol. The third-order valence-corrected chi connectivity index (χ3v) is 9.33. The van der Waals surface area contributed by atoms with Crippen LogP contribution in [-0.4, -0.2) is 72.3 Å². The minimum Gasteiger partial charge on any atom is -0.493 e. The van der Waals surface area contributed by atoms with Gasteiger partial charge in [-0.2, -0.15) is 5.10 Å². The second kappa shape index (κ2) is 13.1. The van der Waals surface area contributed by atoms with Crippen LogP contribution in [0.25, 0.3) is 5.57 Å². The molecular formula is C40H35N5O5. The number of ether oxygens (including phenoxy) is 3. The van der Waals surface area contributed by atoms with E-state index in [4.69, 9.17) is 19.2 Å². The second-order valence-electron chi connectivity index (χ2n) is 12.6. The lowest BCUT2D eigenvalue weighted by molar-refractivity contribution is 0.0755. The van der Waals surface area contributed by atoms with Crippen molar-refractivity contribution in [2.24, 2.45) is 15.1 Å². The molecule has 250 valence electrons. The maximum atomic E-state index is 13.6. The summed E-state index contributed by atoms with van der Waals surface area (Å²) < 4.78 is 17.8. The number of aryl methyl sites for hydroxylation is 1. The highest BCUT2D eigenvalue weighted by molar-refractivity contribution is 6.10. The van der Waals surface area contributed by atoms with Crippen molar-refractivity contribution in [2.75, 3.05) is 20.3 Å². The number of hydrazone groups is 1. The van der Waals surface area contributed by atoms with E-state index in [1.165, 1.54) is 5.01 Å². The monoisotopic (exact) mass is 665 g/mol. The highest BCUT2D eigenvalue weighted by Gasteiger charge is 2.36. The highest BCUT2D eigenvalue weighted by atomic mass is 16.5. The lowest BCUT2D eigenvalue weighted by Crippen LogP contribution is -2.32. The predicted molar refractivity (Wildman–Crippen MR) is 193 cm³/mol. The van der Waals surface area contributed by atoms with E-state index in [1.807, 2.05) is 80.0 Å². The summed E-state index contributed by atoms with van der Waals surface area (Å²) in [7, 11) is 1.55. The fourth-order valence-electron chi connectivity index (χ4n) is 6.69. The van der Waals surface area contributed by atoms with Gasteiger partial charge < -0.3 is 19.1 Å². The van der Waals surface area contributed by atoms with Gasteiger partial charge >= 0.3 is 0 Å². The molecule has 10 nitrogen and oxygen atoms in total. The first-order valence-corrected chi connectivity index (χ1v) is 16.7. The lowest BCUT2D eigenvalue weighted by Gasteiger charge is -2.19. The summed E-state index contributed by atoms with van der Waals surface area (Å²) in [6.07, 6.45) is 7.47. The molecule has 4 aromatic rings. The molecule has 0 unspecified atom stereocenters. The first kappa shape index (κ1) is 31.3. The number of benzene rings is 4. The Bertz CT molecular complexity index is 2110. The van der Waals surface area contributed by atoms with Crippen molar-refractivity contribution < 1.29 is 23.8 Å². The summed E-state index contributed by atoms with van der Waals surface area (Å²) in [5.74, 6) is 1.30. The molecule has 4 aromatic carbocycles. The van der Waals surface area contributed by atoms with Crippen molar-refractivity contribution in [3.63, 3.8) is 0 Å². The molecule has 0 aromatic heterocycles. The van der Waals surface area contributed by atoms with Gasteiger partial charge in [0.25, 0.3) is 11.8 Å². The van der Waals surface area contributed by atoms with E-state index < -0.39 is 0 Å². The molecule has 10 heteroatoms. The average Bonchev–Trinajstić information content (AvgIpc) is 3.73. The van der Waals surface area contributed by atoms with Crippen LogP contribution in [0, 0.1) is 6.92 Å². The van der Waals surface area contributed by atoms with Crippen LogP contribution in [0.15, 0.2) is 106 Å². The van der Waals surface area contributed by atoms with Gasteiger partial charge in [-0.15, -0.1) is 0 Å². The highest BCUT2D eigenvalue weighted by Crippen LogP contribution is 2.39. The Hall–Kier alpha value is -6.03. The molecule has 0 bridgehead atoms. The van der Waals surface area contributed by atoms with Crippen molar-refractivity contribution in [1.82, 2.24) is 9.91 Å². The van der Waals surface area contributed by atoms with Gasteiger partial charge in [0.15, 0.2) is 11.5 Å². The molecule has 2 atom stereocenters. The maximum absolute atomic E-state index is 13.6. The Balaban J connectivity index is 0.905. The van der Waals surface area contributed by atoms with Crippen LogP contribution in [0.1, 0.15) is 56.7 Å². The second-order valence-corrected chi connectivity index (χ2v) is 12.6. The number of aliphatic imine (C=N–C) groups is 2. The standard InChI is InChI=1S/C40H35N5O5/c1-25-16-31-34(41-22-29-17-28(24-44(29)39(31)46)26-10-5-3-6-11-26)20-36(25)49-14-9-15-50-38-21-35-32(19-37(38)48-2)40(47)45-30(23-42-35)18-33(43-45)27-12-7-4-8-13-27/h3-8,10-13,16,19-24,29-30H,9,14-15,17-18H2,1-2H3/t29-,30-/m0/s1. The third-order valence-electron chi connectivity index (χ3n) is 9.33. The first-order valence-electron chi connectivity index (χ1n) is 16.7. The van der Waals surface area contributed by atoms with Crippen LogP contribution >= 0.6 is 0 Å². The molecule has 2 amide bonds. The Labute approximate surface area is 290 Å². The van der Waals surface area contributed by atoms with Crippen molar-refractivity contribution in [2.45, 2.75) is 38.3 Å². The molecule has 8 rings (SSSR count). The number of nitrogens with zero attached hydrogens (tertiary/aromatic N) is 5. The van der Waals surface area contributed by atoms with Crippen LogP contribution in [0.3, 0.4) is 0 Å². The minimum atomic E-state index is -0.265. The fourth-order valence-corrected chi connectivity index (χ4v) is 6.69. The topological polar surface area (TPSA) is 105 Å². The van der Waals surface area contributed by atoms with E-state index >= 15 is 0 Å². The molecule has 0 aliphatic carbocycles. The first-order chi connectivity index (χ1) is 24.5. The Kier molecular flexibility index (Phi) is 8.20. The molecule has 0 fully saturated rings. The summed E-state index contributed by atoms with van der Waals surface area (Å²) in [6, 6.07) is 26.7. The van der Waals surface area contributed by atoms with Gasteiger partial charge in [-0.05, 0) is 41.3 Å². The zero-order chi connectivity index (χ0) is 34.2. The van der Waals surface area contributed by atoms with E-state index in [2.05, 4.69) is 22.2 Å². The van der Waals surface area contributed by atoms with E-state index in [9.17, 15) is 9.59 Å². The number of methoxy groups -OCH3 is 1. The van der Waals surface area contributed by atoms with E-state index in [0.29, 0.717) is 65.8 Å². The summed E-state index contributed by atoms with van der Waals surface area (Å²) >= 11 is 0. The number of hydrogen-bond donors (Lipinski definition) is 0. The zero-order valence-electron chi connectivity index (χ0n) is 27.8. The molecule has 4 aliphatic rings. The number of rotatable bonds is 9. The normalized spacial score (nSPS) is 18.8. The Morgan fingerprint density at radius 1 is 0.720 bits per heavy atom. The average molecular weight is 666 g/mol. The van der Waals surface area contributed by atoms with Crippen LogP contribution in [-0.2, 0) is 0 Å². The number of carbonyl (C=O) groups is 2. The van der Waals surface area contributed by atoms with E-state index in [1.54, 1.807) is 30.4 Å². The van der Waals surface area contributed by atoms with Gasteiger partial charge in [0.05, 0.1) is 60.6 Å². The van der Waals surface area contributed by atoms with Crippen molar-refractivity contribution >= 4 is 46.9 Å². The smallest absolute Gasteiger partial charge is 0.276 e. The number of amides is 2. The number of fused-ring (bicyclic) bond motifs is 4. The van der Waals surface area contributed by atoms with Gasteiger partial charge in [-0.1, -0.05) is 60.7 Å². The molecule has 50 heavy (non-hydrogen) atoms. The summed E-state index contributed by atoms with van der Waals surface area (Å²) in [5, 5.41) is 6.15. The quantitative estimate of drug-likeness (QED) is 0.177. The van der Waals surface area contributed by atoms with Crippen LogP contribution in [0.4, 0.5) is 11.4 Å². The Morgan fingerprint density at radius 2 is 1.36 bits per heavy atom. The molecule has 4 heterocycles. The van der Waals surface area contributed by atoms with Crippen LogP contribution < -0.4 is 14.2 Å². The van der Waals surface area contributed by atoms with Gasteiger partial charge in [0.1, 0.15) is 5.75 Å². The minimum absolute atomic E-state index is 0.0673. The zero-order valence-corrected chi connectivity index (χ0v) is 27.8. The van der Waals surface area contributed by atoms with Crippen LogP contribution in [0.5, 0.6) is 17.2 Å². The largest absolute Gasteiger partial charge is 0.493 e. The van der Waals surface area contributed by atoms with Crippen molar-refractivity contribution in [3.05, 3.63) is 119 Å². The lowest BCUT2D eigenvalue weighted by atomic mass is 10.0. The number of carbonyl (C=O) groups excluding carboxylic acids is 2. The van der Waals surface area contributed by atoms with Gasteiger partial charge in [-0.3, -0.25) is 19.6 Å². The molecule has 4 aliphatic heterocycles. The third kappa shape index (κ3) is 5.83. The summed E-state index contributed by atoms with van der Waals surface area (Å²) in [6.45, 7) is 2.67. The van der Waals surface area contributed by atoms with Crippen molar-refractivity contribution in [3.8, 4) is 17.2 Å². The summed E-state index contributed by atoms with van der Waals surface area (Å²) in [5.41, 5.74) is 7.01. The molecule has 0 saturated carbocycles. The summed E-state index contributed by atoms with van der Waals surface area (Å²) in [4.78, 5) is 38.3. The fraction of sp³-hybridized carbons (Fsp3) is 0.225. The Morgan fingerprint density at radius 3 is 2.08 bits per heavy atom. The molecule has 0 saturated heterocycles. The predicted octanol–water partition coefficient (Wildman–Crippen LogP) is 7.16. The van der Waals surface area contributed by atoms with Gasteiger partial charge in [0, 0.05) is 50.0 Å².